The van der Waals surface area contributed by atoms with Crippen molar-refractivity contribution in [2.75, 3.05) is 19.8 Å². The number of benzene rings is 1. The molecule has 9 heteroatoms. The van der Waals surface area contributed by atoms with Crippen molar-refractivity contribution in [1.82, 2.24) is 9.88 Å². The van der Waals surface area contributed by atoms with E-state index in [1.165, 1.54) is 6.07 Å². The van der Waals surface area contributed by atoms with Crippen molar-refractivity contribution in [3.05, 3.63) is 42.2 Å². The quantitative estimate of drug-likeness (QED) is 0.844. The topological polar surface area (TPSA) is 108 Å². The number of nitrogens with one attached hydrogen (secondary N) is 1. The van der Waals surface area contributed by atoms with Gasteiger partial charge in [0.1, 0.15) is 11.4 Å². The van der Waals surface area contributed by atoms with E-state index in [0.29, 0.717) is 12.3 Å². The molecule has 1 aliphatic rings. The highest BCUT2D eigenvalue weighted by Gasteiger charge is 2.27. The van der Waals surface area contributed by atoms with Crippen LogP contribution in [0.15, 0.2) is 40.9 Å². The molecule has 2 heterocycles. The van der Waals surface area contributed by atoms with E-state index in [4.69, 9.17) is 14.0 Å². The summed E-state index contributed by atoms with van der Waals surface area (Å²) in [5.74, 6) is -1.11. The molecule has 1 aromatic heterocycles. The van der Waals surface area contributed by atoms with E-state index in [2.05, 4.69) is 5.16 Å². The summed E-state index contributed by atoms with van der Waals surface area (Å²) in [5, 5.41) is 3.84. The fourth-order valence-electron chi connectivity index (χ4n) is 2.21. The lowest BCUT2D eigenvalue weighted by Crippen LogP contribution is -2.45. The van der Waals surface area contributed by atoms with Gasteiger partial charge in [-0.25, -0.2) is 8.42 Å². The standard InChI is InChI=1S/C15H16N2O6S/c18-15(14-9-21-6-7-22-14)17-24(19,20)10-12-8-13(16-23-12)11-4-2-1-3-5-11/h1-5,8,14H,6-7,9-10H2,(H,17,18)/t14-/m1/s1. The molecule has 0 bridgehead atoms. The molecule has 1 fully saturated rings. The molecule has 0 spiro atoms. The Labute approximate surface area is 138 Å². The molecule has 0 unspecified atom stereocenters. The number of sulfonamides is 1. The van der Waals surface area contributed by atoms with Crippen molar-refractivity contribution in [2.45, 2.75) is 11.9 Å². The molecule has 1 aliphatic heterocycles. The molecule has 8 nitrogen and oxygen atoms in total. The molecule has 1 N–H and O–H groups in total. The van der Waals surface area contributed by atoms with Gasteiger partial charge in [0.05, 0.1) is 19.8 Å². The average molecular weight is 352 g/mol. The minimum atomic E-state index is -3.92. The van der Waals surface area contributed by atoms with Gasteiger partial charge in [-0.05, 0) is 0 Å². The first-order valence-corrected chi connectivity index (χ1v) is 8.93. The fourth-order valence-corrected chi connectivity index (χ4v) is 3.23. The van der Waals surface area contributed by atoms with Crippen LogP contribution in [0.5, 0.6) is 0 Å². The van der Waals surface area contributed by atoms with Gasteiger partial charge in [0.15, 0.2) is 11.9 Å². The summed E-state index contributed by atoms with van der Waals surface area (Å²) in [5.41, 5.74) is 1.33. The number of amides is 1. The number of hydrogen-bond acceptors (Lipinski definition) is 7. The highest BCUT2D eigenvalue weighted by atomic mass is 32.2. The molecule has 3 rings (SSSR count). The first-order valence-electron chi connectivity index (χ1n) is 7.28. The molecule has 0 saturated carbocycles. The second-order valence-corrected chi connectivity index (χ2v) is 6.93. The third kappa shape index (κ3) is 4.19. The van der Waals surface area contributed by atoms with Crippen LogP contribution in [0.2, 0.25) is 0 Å². The molecule has 1 aromatic carbocycles. The van der Waals surface area contributed by atoms with Crippen molar-refractivity contribution < 1.29 is 27.2 Å². The van der Waals surface area contributed by atoms with Gasteiger partial charge in [0.25, 0.3) is 5.91 Å². The summed E-state index contributed by atoms with van der Waals surface area (Å²) in [4.78, 5) is 11.9. The molecule has 2 aromatic rings. The zero-order valence-corrected chi connectivity index (χ0v) is 13.5. The number of carbonyl (C=O) groups is 1. The number of rotatable bonds is 5. The van der Waals surface area contributed by atoms with Gasteiger partial charge in [-0.1, -0.05) is 35.5 Å². The van der Waals surface area contributed by atoms with Crippen LogP contribution in [0.1, 0.15) is 5.76 Å². The van der Waals surface area contributed by atoms with Crippen molar-refractivity contribution in [2.24, 2.45) is 0 Å². The van der Waals surface area contributed by atoms with Crippen LogP contribution in [0.25, 0.3) is 11.3 Å². The van der Waals surface area contributed by atoms with Gasteiger partial charge in [-0.15, -0.1) is 0 Å². The highest BCUT2D eigenvalue weighted by Crippen LogP contribution is 2.19. The SMILES string of the molecule is O=C(NS(=O)(=O)Cc1cc(-c2ccccc2)no1)[C@H]1COCCO1. The Balaban J connectivity index is 1.64. The summed E-state index contributed by atoms with van der Waals surface area (Å²) in [7, 11) is -3.92. The molecule has 0 aliphatic carbocycles. The number of nitrogens with zero attached hydrogens (tertiary/aromatic N) is 1. The van der Waals surface area contributed by atoms with Crippen molar-refractivity contribution in [1.29, 1.82) is 0 Å². The van der Waals surface area contributed by atoms with Crippen LogP contribution in [0, 0.1) is 0 Å². The van der Waals surface area contributed by atoms with E-state index in [9.17, 15) is 13.2 Å². The third-order valence-electron chi connectivity index (χ3n) is 3.33. The highest BCUT2D eigenvalue weighted by molar-refractivity contribution is 7.89. The number of aromatic nitrogens is 1. The second-order valence-electron chi connectivity index (χ2n) is 5.20. The molecule has 1 amide bonds. The van der Waals surface area contributed by atoms with E-state index in [-0.39, 0.29) is 19.0 Å². The van der Waals surface area contributed by atoms with E-state index in [0.717, 1.165) is 5.56 Å². The predicted molar refractivity (Wildman–Crippen MR) is 83.3 cm³/mol. The van der Waals surface area contributed by atoms with Crippen LogP contribution in [0.4, 0.5) is 0 Å². The Morgan fingerprint density at radius 3 is 2.75 bits per heavy atom. The Morgan fingerprint density at radius 2 is 2.04 bits per heavy atom. The van der Waals surface area contributed by atoms with Crippen molar-refractivity contribution in [3.8, 4) is 11.3 Å². The van der Waals surface area contributed by atoms with Crippen LogP contribution < -0.4 is 4.72 Å². The smallest absolute Gasteiger partial charge is 0.264 e. The summed E-state index contributed by atoms with van der Waals surface area (Å²) in [6.45, 7) is 0.666. The normalized spacial score (nSPS) is 18.2. The average Bonchev–Trinajstić information content (AvgIpc) is 3.03. The largest absolute Gasteiger partial charge is 0.376 e. The lowest BCUT2D eigenvalue weighted by Gasteiger charge is -2.21. The van der Waals surface area contributed by atoms with Crippen LogP contribution in [-0.2, 0) is 30.0 Å². The molecule has 0 radical (unpaired) electrons. The molecular formula is C15H16N2O6S. The maximum Gasteiger partial charge on any atom is 0.264 e. The summed E-state index contributed by atoms with van der Waals surface area (Å²) >= 11 is 0. The van der Waals surface area contributed by atoms with Gasteiger partial charge in [-0.2, -0.15) is 0 Å². The van der Waals surface area contributed by atoms with E-state index >= 15 is 0 Å². The number of ether oxygens (including phenoxy) is 2. The Hall–Kier alpha value is -2.23. The Bertz CT molecular complexity index is 796. The summed E-state index contributed by atoms with van der Waals surface area (Å²) in [6, 6.07) is 10.7. The van der Waals surface area contributed by atoms with Gasteiger partial charge < -0.3 is 14.0 Å². The van der Waals surface area contributed by atoms with Gasteiger partial charge in [-0.3, -0.25) is 9.52 Å². The van der Waals surface area contributed by atoms with Crippen LogP contribution >= 0.6 is 0 Å². The minimum Gasteiger partial charge on any atom is -0.376 e. The van der Waals surface area contributed by atoms with Gasteiger partial charge in [0, 0.05) is 11.6 Å². The number of carbonyl (C=O) groups excluding carboxylic acids is 1. The molecule has 24 heavy (non-hydrogen) atoms. The lowest BCUT2D eigenvalue weighted by molar-refractivity contribution is -0.145. The van der Waals surface area contributed by atoms with Gasteiger partial charge >= 0.3 is 0 Å². The third-order valence-corrected chi connectivity index (χ3v) is 4.50. The van der Waals surface area contributed by atoms with E-state index in [1.54, 1.807) is 0 Å². The van der Waals surface area contributed by atoms with Crippen molar-refractivity contribution in [3.63, 3.8) is 0 Å². The van der Waals surface area contributed by atoms with Gasteiger partial charge in [0.2, 0.25) is 10.0 Å². The Kier molecular flexibility index (Phi) is 4.93. The molecule has 1 atom stereocenters. The molecule has 1 saturated heterocycles. The summed E-state index contributed by atoms with van der Waals surface area (Å²) in [6.07, 6.45) is -0.928. The van der Waals surface area contributed by atoms with Crippen molar-refractivity contribution >= 4 is 15.9 Å². The first kappa shape index (κ1) is 16.6. The Morgan fingerprint density at radius 1 is 1.25 bits per heavy atom. The first-order chi connectivity index (χ1) is 11.5. The molecule has 128 valence electrons. The molecular weight excluding hydrogens is 336 g/mol. The maximum atomic E-state index is 12.1. The van der Waals surface area contributed by atoms with Crippen LogP contribution in [-0.4, -0.2) is 45.4 Å². The monoisotopic (exact) mass is 352 g/mol. The van der Waals surface area contributed by atoms with Crippen LogP contribution in [0.3, 0.4) is 0 Å². The predicted octanol–water partition coefficient (Wildman–Crippen LogP) is 0.703. The second kappa shape index (κ2) is 7.12. The van der Waals surface area contributed by atoms with E-state index < -0.39 is 27.8 Å². The number of hydrogen-bond donors (Lipinski definition) is 1. The lowest BCUT2D eigenvalue weighted by atomic mass is 10.1. The zero-order chi connectivity index (χ0) is 17.0. The fraction of sp³-hybridized carbons (Fsp3) is 0.333. The maximum absolute atomic E-state index is 12.1. The zero-order valence-electron chi connectivity index (χ0n) is 12.7. The minimum absolute atomic E-state index is 0.0296. The summed E-state index contributed by atoms with van der Waals surface area (Å²) < 4.78 is 41.4. The van der Waals surface area contributed by atoms with E-state index in [1.807, 2.05) is 35.1 Å².